The van der Waals surface area contributed by atoms with Gasteiger partial charge in [-0.25, -0.2) is 0 Å². The minimum atomic E-state index is -0.459. The van der Waals surface area contributed by atoms with Crippen molar-refractivity contribution in [2.24, 2.45) is 7.05 Å². The molecule has 6 nitrogen and oxygen atoms in total. The van der Waals surface area contributed by atoms with Crippen LogP contribution in [-0.4, -0.2) is 82.1 Å². The molecule has 1 atom stereocenters. The summed E-state index contributed by atoms with van der Waals surface area (Å²) in [7, 11) is 4.07. The number of hydrogen-bond acceptors (Lipinski definition) is 6. The number of nitrogens with zero attached hydrogens (tertiary/aromatic N) is 4. The second-order valence-corrected chi connectivity index (χ2v) is 8.72. The molecule has 0 aliphatic carbocycles. The zero-order chi connectivity index (χ0) is 19.8. The molecule has 1 aromatic heterocycles. The first-order valence-corrected chi connectivity index (χ1v) is 11.1. The van der Waals surface area contributed by atoms with Gasteiger partial charge in [0.1, 0.15) is 18.5 Å². The van der Waals surface area contributed by atoms with E-state index in [4.69, 9.17) is 4.74 Å². The van der Waals surface area contributed by atoms with Gasteiger partial charge in [0.05, 0.1) is 6.20 Å². The summed E-state index contributed by atoms with van der Waals surface area (Å²) < 4.78 is 7.83. The fraction of sp³-hybridized carbons (Fsp3) is 0.571. The number of aliphatic hydroxyl groups excluding tert-OH is 1. The molecule has 1 aromatic carbocycles. The highest BCUT2D eigenvalue weighted by Gasteiger charge is 2.16. The average Bonchev–Trinajstić information content (AvgIpc) is 3.12. The van der Waals surface area contributed by atoms with E-state index in [1.165, 1.54) is 5.56 Å². The van der Waals surface area contributed by atoms with Crippen molar-refractivity contribution in [2.75, 3.05) is 51.3 Å². The van der Waals surface area contributed by atoms with Gasteiger partial charge in [0.25, 0.3) is 0 Å². The first-order valence-electron chi connectivity index (χ1n) is 9.95. The molecule has 3 rings (SSSR count). The monoisotopic (exact) mass is 404 g/mol. The molecule has 1 unspecified atom stereocenters. The summed E-state index contributed by atoms with van der Waals surface area (Å²) in [4.78, 5) is 4.61. The van der Waals surface area contributed by atoms with E-state index in [0.717, 1.165) is 55.4 Å². The average molecular weight is 405 g/mol. The number of thioether (sulfide) groups is 1. The lowest BCUT2D eigenvalue weighted by Gasteiger charge is -2.28. The second kappa shape index (κ2) is 10.9. The number of benzene rings is 1. The van der Waals surface area contributed by atoms with Crippen molar-refractivity contribution in [1.82, 2.24) is 19.6 Å². The lowest BCUT2D eigenvalue weighted by Crippen LogP contribution is -2.40. The Bertz CT molecular complexity index is 718. The van der Waals surface area contributed by atoms with Gasteiger partial charge in [-0.1, -0.05) is 18.2 Å². The number of para-hydroxylation sites is 1. The largest absolute Gasteiger partial charge is 0.491 e. The minimum absolute atomic E-state index is 0.333. The molecule has 154 valence electrons. The number of β-amino-alcohol motifs (C(OH)–C–C–N with tert-alkyl or cyclic N) is 1. The molecule has 0 radical (unpaired) electrons. The fourth-order valence-corrected chi connectivity index (χ4v) is 4.37. The van der Waals surface area contributed by atoms with E-state index in [0.29, 0.717) is 13.2 Å². The fourth-order valence-electron chi connectivity index (χ4n) is 3.39. The van der Waals surface area contributed by atoms with Gasteiger partial charge in [-0.2, -0.15) is 16.9 Å². The SMILES string of the molecule is CN(CCc1cnn(C)c1)Cc1ccccc1OCC(O)CN1CCSCC1. The van der Waals surface area contributed by atoms with Gasteiger partial charge in [0, 0.05) is 63.0 Å². The van der Waals surface area contributed by atoms with E-state index in [9.17, 15) is 5.11 Å². The van der Waals surface area contributed by atoms with E-state index >= 15 is 0 Å². The molecule has 1 N–H and O–H groups in total. The number of likely N-dealkylation sites (N-methyl/N-ethyl adjacent to an activating group) is 1. The van der Waals surface area contributed by atoms with Crippen LogP contribution >= 0.6 is 11.8 Å². The predicted molar refractivity (Wildman–Crippen MR) is 115 cm³/mol. The van der Waals surface area contributed by atoms with Crippen LogP contribution in [0.5, 0.6) is 5.75 Å². The molecule has 1 saturated heterocycles. The Morgan fingerprint density at radius 1 is 1.29 bits per heavy atom. The Balaban J connectivity index is 1.46. The third-order valence-electron chi connectivity index (χ3n) is 4.96. The summed E-state index contributed by atoms with van der Waals surface area (Å²) in [6, 6.07) is 8.13. The molecule has 0 spiro atoms. The van der Waals surface area contributed by atoms with E-state index in [2.05, 4.69) is 34.2 Å². The Kier molecular flexibility index (Phi) is 8.21. The first-order chi connectivity index (χ1) is 13.6. The third kappa shape index (κ3) is 6.81. The maximum absolute atomic E-state index is 10.4. The minimum Gasteiger partial charge on any atom is -0.491 e. The lowest BCUT2D eigenvalue weighted by molar-refractivity contribution is 0.0709. The number of aliphatic hydroxyl groups is 1. The summed E-state index contributed by atoms with van der Waals surface area (Å²) in [6.07, 6.45) is 4.50. The van der Waals surface area contributed by atoms with Gasteiger partial charge in [-0.3, -0.25) is 9.58 Å². The van der Waals surface area contributed by atoms with Crippen molar-refractivity contribution in [3.8, 4) is 5.75 Å². The van der Waals surface area contributed by atoms with Crippen molar-refractivity contribution in [3.05, 3.63) is 47.8 Å². The van der Waals surface area contributed by atoms with Crippen LogP contribution in [0.3, 0.4) is 0 Å². The summed E-state index contributed by atoms with van der Waals surface area (Å²) in [5.41, 5.74) is 2.40. The van der Waals surface area contributed by atoms with E-state index in [-0.39, 0.29) is 0 Å². The topological polar surface area (TPSA) is 53.8 Å². The quantitative estimate of drug-likeness (QED) is 0.653. The summed E-state index contributed by atoms with van der Waals surface area (Å²) in [5.74, 6) is 3.17. The number of ether oxygens (including phenoxy) is 1. The number of hydrogen-bond donors (Lipinski definition) is 1. The van der Waals surface area contributed by atoms with Crippen LogP contribution in [0.2, 0.25) is 0 Å². The highest BCUT2D eigenvalue weighted by atomic mass is 32.2. The molecule has 28 heavy (non-hydrogen) atoms. The predicted octanol–water partition coefficient (Wildman–Crippen LogP) is 1.88. The Hall–Kier alpha value is -1.54. The molecular weight excluding hydrogens is 372 g/mol. The molecule has 0 saturated carbocycles. The summed E-state index contributed by atoms with van der Waals surface area (Å²) in [6.45, 7) is 4.90. The normalized spacial score (nSPS) is 16.4. The van der Waals surface area contributed by atoms with Gasteiger partial charge >= 0.3 is 0 Å². The first kappa shape index (κ1) is 21.2. The molecule has 0 amide bonds. The van der Waals surface area contributed by atoms with Gasteiger partial charge in [0.15, 0.2) is 0 Å². The van der Waals surface area contributed by atoms with E-state index in [1.54, 1.807) is 0 Å². The highest BCUT2D eigenvalue weighted by molar-refractivity contribution is 7.99. The van der Waals surface area contributed by atoms with Crippen LogP contribution in [0.15, 0.2) is 36.7 Å². The Morgan fingerprint density at radius 3 is 2.82 bits per heavy atom. The van der Waals surface area contributed by atoms with Gasteiger partial charge in [-0.05, 0) is 25.1 Å². The van der Waals surface area contributed by atoms with Crippen LogP contribution in [0.4, 0.5) is 0 Å². The molecule has 1 fully saturated rings. The second-order valence-electron chi connectivity index (χ2n) is 7.50. The maximum Gasteiger partial charge on any atom is 0.123 e. The third-order valence-corrected chi connectivity index (χ3v) is 5.90. The molecule has 1 aliphatic rings. The smallest absolute Gasteiger partial charge is 0.123 e. The lowest BCUT2D eigenvalue weighted by atomic mass is 10.1. The molecule has 1 aliphatic heterocycles. The van der Waals surface area contributed by atoms with Crippen molar-refractivity contribution in [2.45, 2.75) is 19.1 Å². The highest BCUT2D eigenvalue weighted by Crippen LogP contribution is 2.20. The van der Waals surface area contributed by atoms with E-state index < -0.39 is 6.10 Å². The number of rotatable bonds is 10. The van der Waals surface area contributed by atoms with Gasteiger partial charge in [-0.15, -0.1) is 0 Å². The van der Waals surface area contributed by atoms with Crippen molar-refractivity contribution in [1.29, 1.82) is 0 Å². The standard InChI is InChI=1S/C21H32N4O2S/c1-23(8-7-18-13-22-24(2)14-18)15-19-5-3-4-6-21(19)27-17-20(26)16-25-9-11-28-12-10-25/h3-6,13-14,20,26H,7-12,15-17H2,1-2H3. The van der Waals surface area contributed by atoms with Gasteiger partial charge < -0.3 is 14.7 Å². The maximum atomic E-state index is 10.4. The molecule has 7 heteroatoms. The molecule has 2 aromatic rings. The number of aromatic nitrogens is 2. The van der Waals surface area contributed by atoms with Crippen LogP contribution in [0.25, 0.3) is 0 Å². The Morgan fingerprint density at radius 2 is 2.07 bits per heavy atom. The van der Waals surface area contributed by atoms with E-state index in [1.807, 2.05) is 47.9 Å². The van der Waals surface area contributed by atoms with Gasteiger partial charge in [0.2, 0.25) is 0 Å². The van der Waals surface area contributed by atoms with Crippen LogP contribution in [-0.2, 0) is 20.0 Å². The molecular formula is C21H32N4O2S. The zero-order valence-corrected chi connectivity index (χ0v) is 17.8. The van der Waals surface area contributed by atoms with Crippen LogP contribution < -0.4 is 4.74 Å². The van der Waals surface area contributed by atoms with Crippen molar-refractivity contribution < 1.29 is 9.84 Å². The van der Waals surface area contributed by atoms with Crippen LogP contribution in [0, 0.1) is 0 Å². The molecule has 2 heterocycles. The Labute approximate surface area is 172 Å². The molecule has 0 bridgehead atoms. The zero-order valence-electron chi connectivity index (χ0n) is 17.0. The van der Waals surface area contributed by atoms with Crippen molar-refractivity contribution >= 4 is 11.8 Å². The number of aryl methyl sites for hydroxylation is 1. The summed E-state index contributed by atoms with van der Waals surface area (Å²) >= 11 is 1.98. The van der Waals surface area contributed by atoms with Crippen molar-refractivity contribution in [3.63, 3.8) is 0 Å². The summed E-state index contributed by atoms with van der Waals surface area (Å²) in [5, 5.41) is 14.6. The van der Waals surface area contributed by atoms with Crippen LogP contribution in [0.1, 0.15) is 11.1 Å².